The Morgan fingerprint density at radius 1 is 1.24 bits per heavy atom. The number of hydrogen-bond acceptors (Lipinski definition) is 7. The zero-order valence-corrected chi connectivity index (χ0v) is 20.2. The summed E-state index contributed by atoms with van der Waals surface area (Å²) in [6.45, 7) is 4.98. The van der Waals surface area contributed by atoms with Crippen LogP contribution in [0.1, 0.15) is 34.3 Å². The first-order valence-corrected chi connectivity index (χ1v) is 12.1. The number of benzene rings is 2. The molecule has 1 aliphatic rings. The number of nitrogens with zero attached hydrogens (tertiary/aromatic N) is 2. The third-order valence-corrected chi connectivity index (χ3v) is 6.72. The van der Waals surface area contributed by atoms with Crippen LogP contribution in [-0.4, -0.2) is 47.0 Å². The van der Waals surface area contributed by atoms with Gasteiger partial charge in [-0.25, -0.2) is 9.78 Å². The van der Waals surface area contributed by atoms with Gasteiger partial charge >= 0.3 is 5.97 Å². The van der Waals surface area contributed by atoms with Crippen molar-refractivity contribution in [3.8, 4) is 0 Å². The Balaban J connectivity index is 1.62. The van der Waals surface area contributed by atoms with Crippen molar-refractivity contribution < 1.29 is 19.1 Å². The fourth-order valence-electron chi connectivity index (χ4n) is 3.98. The van der Waals surface area contributed by atoms with E-state index in [1.807, 2.05) is 32.0 Å². The van der Waals surface area contributed by atoms with Gasteiger partial charge in [0.2, 0.25) is 5.91 Å². The van der Waals surface area contributed by atoms with E-state index in [4.69, 9.17) is 9.47 Å². The van der Waals surface area contributed by atoms with Gasteiger partial charge in [-0.05, 0) is 56.5 Å². The number of carbonyl (C=O) groups excluding carboxylic acids is 2. The van der Waals surface area contributed by atoms with Gasteiger partial charge in [0.1, 0.15) is 0 Å². The van der Waals surface area contributed by atoms with Crippen molar-refractivity contribution in [2.24, 2.45) is 0 Å². The summed E-state index contributed by atoms with van der Waals surface area (Å²) < 4.78 is 12.1. The SMILES string of the molecule is COC(=O)c1ccc2c(=O)n(C[C@@H]3CCCO3)c(SCC(=O)Nc3ccc(C)cc3C)nc2c1. The van der Waals surface area contributed by atoms with E-state index in [9.17, 15) is 14.4 Å². The number of carbonyl (C=O) groups is 2. The Hall–Kier alpha value is -3.17. The lowest BCUT2D eigenvalue weighted by molar-refractivity contribution is -0.113. The van der Waals surface area contributed by atoms with Crippen LogP contribution in [0.4, 0.5) is 5.69 Å². The molecule has 1 amide bonds. The summed E-state index contributed by atoms with van der Waals surface area (Å²) in [7, 11) is 1.30. The number of methoxy groups -OCH3 is 1. The van der Waals surface area contributed by atoms with Gasteiger partial charge in [-0.15, -0.1) is 0 Å². The maximum atomic E-state index is 13.3. The number of hydrogen-bond donors (Lipinski definition) is 1. The van der Waals surface area contributed by atoms with Crippen LogP contribution in [0.15, 0.2) is 46.3 Å². The van der Waals surface area contributed by atoms with Crippen molar-refractivity contribution in [1.82, 2.24) is 9.55 Å². The molecule has 0 unspecified atom stereocenters. The van der Waals surface area contributed by atoms with Gasteiger partial charge in [0.25, 0.3) is 5.56 Å². The van der Waals surface area contributed by atoms with Crippen molar-refractivity contribution in [3.05, 3.63) is 63.4 Å². The molecular weight excluding hydrogens is 454 g/mol. The minimum absolute atomic E-state index is 0.0744. The number of aryl methyl sites for hydroxylation is 2. The second kappa shape index (κ2) is 10.4. The number of rotatable bonds is 7. The molecule has 8 nitrogen and oxygen atoms in total. The first-order valence-electron chi connectivity index (χ1n) is 11.1. The van der Waals surface area contributed by atoms with Crippen molar-refractivity contribution in [2.75, 3.05) is 24.8 Å². The van der Waals surface area contributed by atoms with Gasteiger partial charge < -0.3 is 14.8 Å². The third-order valence-electron chi connectivity index (χ3n) is 5.74. The predicted molar refractivity (Wildman–Crippen MR) is 132 cm³/mol. The first kappa shape index (κ1) is 24.0. The Morgan fingerprint density at radius 2 is 2.06 bits per heavy atom. The molecule has 1 fully saturated rings. The highest BCUT2D eigenvalue weighted by Gasteiger charge is 2.21. The molecule has 1 saturated heterocycles. The largest absolute Gasteiger partial charge is 0.465 e. The van der Waals surface area contributed by atoms with Crippen LogP contribution in [0, 0.1) is 13.8 Å². The number of amides is 1. The summed E-state index contributed by atoms with van der Waals surface area (Å²) in [5.74, 6) is -0.624. The Bertz CT molecular complexity index is 1300. The summed E-state index contributed by atoms with van der Waals surface area (Å²) >= 11 is 1.18. The number of nitrogens with one attached hydrogen (secondary N) is 1. The summed E-state index contributed by atoms with van der Waals surface area (Å²) in [6, 6.07) is 10.5. The number of esters is 1. The maximum absolute atomic E-state index is 13.3. The van der Waals surface area contributed by atoms with Crippen LogP contribution in [0.3, 0.4) is 0 Å². The molecule has 178 valence electrons. The van der Waals surface area contributed by atoms with E-state index >= 15 is 0 Å². The van der Waals surface area contributed by atoms with E-state index in [0.29, 0.717) is 34.8 Å². The molecule has 3 aromatic rings. The second-order valence-electron chi connectivity index (χ2n) is 8.32. The highest BCUT2D eigenvalue weighted by atomic mass is 32.2. The average Bonchev–Trinajstić information content (AvgIpc) is 3.34. The number of anilines is 1. The lowest BCUT2D eigenvalue weighted by Crippen LogP contribution is -2.29. The quantitative estimate of drug-likeness (QED) is 0.312. The van der Waals surface area contributed by atoms with Crippen molar-refractivity contribution in [2.45, 2.75) is 44.5 Å². The van der Waals surface area contributed by atoms with E-state index in [1.54, 1.807) is 22.8 Å². The van der Waals surface area contributed by atoms with Gasteiger partial charge in [0, 0.05) is 12.3 Å². The molecule has 2 heterocycles. The highest BCUT2D eigenvalue weighted by molar-refractivity contribution is 7.99. The number of aromatic nitrogens is 2. The molecule has 0 saturated carbocycles. The monoisotopic (exact) mass is 481 g/mol. The molecular formula is C25H27N3O5S. The smallest absolute Gasteiger partial charge is 0.337 e. The lowest BCUT2D eigenvalue weighted by atomic mass is 10.1. The molecule has 0 spiro atoms. The van der Waals surface area contributed by atoms with Crippen LogP contribution in [0.25, 0.3) is 10.9 Å². The van der Waals surface area contributed by atoms with Gasteiger partial charge in [0.15, 0.2) is 5.16 Å². The molecule has 4 rings (SSSR count). The van der Waals surface area contributed by atoms with Gasteiger partial charge in [-0.1, -0.05) is 29.5 Å². The number of thioether (sulfide) groups is 1. The van der Waals surface area contributed by atoms with E-state index < -0.39 is 5.97 Å². The molecule has 1 N–H and O–H groups in total. The van der Waals surface area contributed by atoms with Gasteiger partial charge in [-0.2, -0.15) is 0 Å². The predicted octanol–water partition coefficient (Wildman–Crippen LogP) is 3.71. The average molecular weight is 482 g/mol. The summed E-state index contributed by atoms with van der Waals surface area (Å²) in [6.07, 6.45) is 1.74. The molecule has 1 aliphatic heterocycles. The van der Waals surface area contributed by atoms with E-state index in [2.05, 4.69) is 10.3 Å². The van der Waals surface area contributed by atoms with Crippen LogP contribution >= 0.6 is 11.8 Å². The molecule has 9 heteroatoms. The first-order chi connectivity index (χ1) is 16.4. The highest BCUT2D eigenvalue weighted by Crippen LogP contribution is 2.23. The number of fused-ring (bicyclic) bond motifs is 1. The lowest BCUT2D eigenvalue weighted by Gasteiger charge is -2.17. The molecule has 1 aromatic heterocycles. The summed E-state index contributed by atoms with van der Waals surface area (Å²) in [5.41, 5.74) is 3.31. The van der Waals surface area contributed by atoms with E-state index in [1.165, 1.54) is 18.9 Å². The Morgan fingerprint density at radius 3 is 2.76 bits per heavy atom. The topological polar surface area (TPSA) is 99.5 Å². The summed E-state index contributed by atoms with van der Waals surface area (Å²) in [5, 5.41) is 3.73. The second-order valence-corrected chi connectivity index (χ2v) is 9.27. The van der Waals surface area contributed by atoms with Crippen LogP contribution < -0.4 is 10.9 Å². The molecule has 1 atom stereocenters. The fourth-order valence-corrected chi connectivity index (χ4v) is 4.79. The number of ether oxygens (including phenoxy) is 2. The zero-order chi connectivity index (χ0) is 24.2. The minimum atomic E-state index is -0.505. The van der Waals surface area contributed by atoms with Crippen LogP contribution in [-0.2, 0) is 20.8 Å². The maximum Gasteiger partial charge on any atom is 0.337 e. The molecule has 2 aromatic carbocycles. The van der Waals surface area contributed by atoms with Gasteiger partial charge in [-0.3, -0.25) is 14.2 Å². The molecule has 0 radical (unpaired) electrons. The van der Waals surface area contributed by atoms with Crippen molar-refractivity contribution in [3.63, 3.8) is 0 Å². The molecule has 0 bridgehead atoms. The summed E-state index contributed by atoms with van der Waals surface area (Å²) in [4.78, 5) is 42.6. The van der Waals surface area contributed by atoms with Crippen LogP contribution in [0.2, 0.25) is 0 Å². The van der Waals surface area contributed by atoms with Crippen molar-refractivity contribution in [1.29, 1.82) is 0 Å². The fraction of sp³-hybridized carbons (Fsp3) is 0.360. The molecule has 0 aliphatic carbocycles. The Labute approximate surface area is 201 Å². The van der Waals surface area contributed by atoms with Crippen LogP contribution in [0.5, 0.6) is 0 Å². The van der Waals surface area contributed by atoms with Gasteiger partial charge in [0.05, 0.1) is 42.0 Å². The Kier molecular flexibility index (Phi) is 7.33. The molecule has 34 heavy (non-hydrogen) atoms. The zero-order valence-electron chi connectivity index (χ0n) is 19.4. The minimum Gasteiger partial charge on any atom is -0.465 e. The van der Waals surface area contributed by atoms with E-state index in [0.717, 1.165) is 29.7 Å². The standard InChI is InChI=1S/C25H27N3O5S/c1-15-6-9-20(16(2)11-15)26-22(29)14-34-25-27-21-12-17(24(31)32-3)7-8-19(21)23(30)28(25)13-18-5-4-10-33-18/h6-9,11-12,18H,4-5,10,13-14H2,1-3H3,(H,26,29)/t18-/m0/s1. The normalized spacial score (nSPS) is 15.4. The van der Waals surface area contributed by atoms with Crippen molar-refractivity contribution >= 4 is 40.2 Å². The van der Waals surface area contributed by atoms with E-state index in [-0.39, 0.29) is 23.3 Å². The third kappa shape index (κ3) is 5.31.